The van der Waals surface area contributed by atoms with E-state index in [4.69, 9.17) is 0 Å². The van der Waals surface area contributed by atoms with Crippen molar-refractivity contribution in [2.75, 3.05) is 26.7 Å². The Kier molecular flexibility index (Phi) is 3.58. The van der Waals surface area contributed by atoms with Crippen LogP contribution in [0.25, 0.3) is 0 Å². The first kappa shape index (κ1) is 13.6. The van der Waals surface area contributed by atoms with E-state index in [1.54, 1.807) is 38.5 Å². The second-order valence-electron chi connectivity index (χ2n) is 8.65. The summed E-state index contributed by atoms with van der Waals surface area (Å²) in [6.07, 6.45) is 13.8. The Morgan fingerprint density at radius 1 is 1.05 bits per heavy atom. The highest BCUT2D eigenvalue weighted by molar-refractivity contribution is 5.01. The molecule has 2 nitrogen and oxygen atoms in total. The molecule has 0 radical (unpaired) electrons. The van der Waals surface area contributed by atoms with Gasteiger partial charge in [-0.1, -0.05) is 0 Å². The molecular formula is C18H32N2. The molecule has 1 unspecified atom stereocenters. The van der Waals surface area contributed by atoms with Crippen LogP contribution in [0.2, 0.25) is 0 Å². The number of nitrogens with one attached hydrogen (secondary N) is 1. The quantitative estimate of drug-likeness (QED) is 0.848. The molecule has 1 saturated heterocycles. The zero-order valence-electron chi connectivity index (χ0n) is 13.2. The number of hydrogen-bond donors (Lipinski definition) is 1. The van der Waals surface area contributed by atoms with Crippen molar-refractivity contribution in [3.05, 3.63) is 0 Å². The Morgan fingerprint density at radius 2 is 1.70 bits per heavy atom. The summed E-state index contributed by atoms with van der Waals surface area (Å²) >= 11 is 0. The van der Waals surface area contributed by atoms with E-state index in [0.29, 0.717) is 0 Å². The molecule has 0 amide bonds. The molecule has 114 valence electrons. The van der Waals surface area contributed by atoms with Crippen molar-refractivity contribution in [3.8, 4) is 0 Å². The van der Waals surface area contributed by atoms with Crippen LogP contribution < -0.4 is 5.32 Å². The fraction of sp³-hybridized carbons (Fsp3) is 1.00. The molecule has 5 aliphatic rings. The second kappa shape index (κ2) is 5.28. The van der Waals surface area contributed by atoms with Gasteiger partial charge in [-0.2, -0.15) is 0 Å². The maximum atomic E-state index is 3.57. The summed E-state index contributed by atoms with van der Waals surface area (Å²) in [7, 11) is 2.37. The lowest BCUT2D eigenvalue weighted by atomic mass is 9.49. The summed E-state index contributed by atoms with van der Waals surface area (Å²) in [5.74, 6) is 3.34. The van der Waals surface area contributed by atoms with Gasteiger partial charge in [0.15, 0.2) is 0 Å². The number of hydrogen-bond acceptors (Lipinski definition) is 2. The third-order valence-electron chi connectivity index (χ3n) is 7.05. The van der Waals surface area contributed by atoms with E-state index in [1.807, 2.05) is 0 Å². The fourth-order valence-corrected chi connectivity index (χ4v) is 6.40. The molecule has 1 atom stereocenters. The van der Waals surface area contributed by atoms with Gasteiger partial charge in [0.2, 0.25) is 0 Å². The summed E-state index contributed by atoms with van der Waals surface area (Å²) in [5.41, 5.74) is 0.769. The maximum absolute atomic E-state index is 3.57. The highest BCUT2D eigenvalue weighted by Crippen LogP contribution is 2.61. The van der Waals surface area contributed by atoms with Gasteiger partial charge < -0.3 is 10.2 Å². The normalized spacial score (nSPS) is 47.1. The molecule has 0 aromatic heterocycles. The molecule has 20 heavy (non-hydrogen) atoms. The molecule has 4 bridgehead atoms. The van der Waals surface area contributed by atoms with Gasteiger partial charge in [0.1, 0.15) is 0 Å². The average Bonchev–Trinajstić information content (AvgIpc) is 2.44. The Morgan fingerprint density at radius 3 is 2.25 bits per heavy atom. The molecule has 0 aromatic carbocycles. The van der Waals surface area contributed by atoms with Crippen molar-refractivity contribution >= 4 is 0 Å². The van der Waals surface area contributed by atoms with Gasteiger partial charge in [0, 0.05) is 12.6 Å². The molecule has 1 N–H and O–H groups in total. The van der Waals surface area contributed by atoms with Gasteiger partial charge >= 0.3 is 0 Å². The predicted octanol–water partition coefficient (Wildman–Crippen LogP) is 3.28. The predicted molar refractivity (Wildman–Crippen MR) is 83.7 cm³/mol. The van der Waals surface area contributed by atoms with Crippen LogP contribution in [0.3, 0.4) is 0 Å². The van der Waals surface area contributed by atoms with Crippen LogP contribution in [0.15, 0.2) is 0 Å². The summed E-state index contributed by atoms with van der Waals surface area (Å²) in [6.45, 7) is 3.80. The van der Waals surface area contributed by atoms with Crippen LogP contribution in [-0.4, -0.2) is 37.6 Å². The molecule has 0 aromatic rings. The molecule has 0 spiro atoms. The third-order valence-corrected chi connectivity index (χ3v) is 7.05. The molecular weight excluding hydrogens is 244 g/mol. The van der Waals surface area contributed by atoms with Gasteiger partial charge in [-0.15, -0.1) is 0 Å². The molecule has 2 heteroatoms. The lowest BCUT2D eigenvalue weighted by Crippen LogP contribution is -2.49. The first-order valence-corrected chi connectivity index (χ1v) is 9.13. The Labute approximate surface area is 124 Å². The summed E-state index contributed by atoms with van der Waals surface area (Å²) in [5, 5.41) is 3.57. The summed E-state index contributed by atoms with van der Waals surface area (Å²) in [4.78, 5) is 2.67. The van der Waals surface area contributed by atoms with Crippen LogP contribution >= 0.6 is 0 Å². The minimum Gasteiger partial charge on any atom is -0.315 e. The molecule has 4 aliphatic carbocycles. The number of nitrogens with zero attached hydrogens (tertiary/aromatic N) is 1. The highest BCUT2D eigenvalue weighted by Gasteiger charge is 2.50. The van der Waals surface area contributed by atoms with Gasteiger partial charge in [-0.25, -0.2) is 0 Å². The van der Waals surface area contributed by atoms with E-state index >= 15 is 0 Å². The zero-order chi connectivity index (χ0) is 13.6. The largest absolute Gasteiger partial charge is 0.315 e. The van der Waals surface area contributed by atoms with Gasteiger partial charge in [-0.3, -0.25) is 0 Å². The smallest absolute Gasteiger partial charge is 0.0218 e. The Hall–Kier alpha value is -0.0800. The number of rotatable bonds is 4. The van der Waals surface area contributed by atoms with Gasteiger partial charge in [0.05, 0.1) is 0 Å². The van der Waals surface area contributed by atoms with Crippen molar-refractivity contribution in [2.24, 2.45) is 23.2 Å². The van der Waals surface area contributed by atoms with Crippen molar-refractivity contribution < 1.29 is 0 Å². The SMILES string of the molecule is CN(CCC12CC3CC(CC(C3)C1)C2)C1CCCNC1. The van der Waals surface area contributed by atoms with Crippen molar-refractivity contribution in [3.63, 3.8) is 0 Å². The molecule has 5 fully saturated rings. The van der Waals surface area contributed by atoms with Crippen LogP contribution in [-0.2, 0) is 0 Å². The molecule has 1 aliphatic heterocycles. The Bertz CT molecular complexity index is 310. The standard InChI is InChI=1S/C18H32N2/c1-20(17-3-2-5-19-13-17)6-4-18-10-14-7-15(11-18)9-16(8-14)12-18/h14-17,19H,2-13H2,1H3. The maximum Gasteiger partial charge on any atom is 0.0218 e. The van der Waals surface area contributed by atoms with Crippen LogP contribution in [0.5, 0.6) is 0 Å². The number of piperidine rings is 1. The first-order chi connectivity index (χ1) is 9.72. The van der Waals surface area contributed by atoms with Crippen LogP contribution in [0.4, 0.5) is 0 Å². The van der Waals surface area contributed by atoms with E-state index in [0.717, 1.165) is 29.2 Å². The molecule has 5 rings (SSSR count). The number of likely N-dealkylation sites (N-methyl/N-ethyl adjacent to an activating group) is 1. The van der Waals surface area contributed by atoms with Gasteiger partial charge in [0.25, 0.3) is 0 Å². The fourth-order valence-electron chi connectivity index (χ4n) is 6.40. The van der Waals surface area contributed by atoms with Crippen molar-refractivity contribution in [1.82, 2.24) is 10.2 Å². The van der Waals surface area contributed by atoms with E-state index < -0.39 is 0 Å². The van der Waals surface area contributed by atoms with Crippen LogP contribution in [0, 0.1) is 23.2 Å². The first-order valence-electron chi connectivity index (χ1n) is 9.13. The monoisotopic (exact) mass is 276 g/mol. The average molecular weight is 276 g/mol. The lowest BCUT2D eigenvalue weighted by molar-refractivity contribution is -0.0616. The second-order valence-corrected chi connectivity index (χ2v) is 8.65. The minimum absolute atomic E-state index is 0.769. The van der Waals surface area contributed by atoms with Crippen molar-refractivity contribution in [1.29, 1.82) is 0 Å². The third kappa shape index (κ3) is 2.54. The van der Waals surface area contributed by atoms with E-state index in [9.17, 15) is 0 Å². The molecule has 4 saturated carbocycles. The highest BCUT2D eigenvalue weighted by atomic mass is 15.2. The zero-order valence-corrected chi connectivity index (χ0v) is 13.2. The molecule has 1 heterocycles. The Balaban J connectivity index is 1.34. The lowest BCUT2D eigenvalue weighted by Gasteiger charge is -2.57. The summed E-state index contributed by atoms with van der Waals surface area (Å²) in [6, 6.07) is 0.803. The van der Waals surface area contributed by atoms with E-state index in [2.05, 4.69) is 17.3 Å². The summed E-state index contributed by atoms with van der Waals surface area (Å²) < 4.78 is 0. The van der Waals surface area contributed by atoms with E-state index in [-0.39, 0.29) is 0 Å². The van der Waals surface area contributed by atoms with Gasteiger partial charge in [-0.05, 0) is 101 Å². The topological polar surface area (TPSA) is 15.3 Å². The van der Waals surface area contributed by atoms with E-state index in [1.165, 1.54) is 38.9 Å². The van der Waals surface area contributed by atoms with Crippen LogP contribution in [0.1, 0.15) is 57.8 Å². The van der Waals surface area contributed by atoms with Crippen molar-refractivity contribution in [2.45, 2.75) is 63.8 Å². The minimum atomic E-state index is 0.769.